The van der Waals surface area contributed by atoms with Crippen molar-refractivity contribution in [2.45, 2.75) is 105 Å². The zero-order valence-corrected chi connectivity index (χ0v) is 24.9. The highest BCUT2D eigenvalue weighted by atomic mass is 16.6. The molecule has 6 fully saturated rings. The molecule has 5 aliphatic carbocycles. The number of amides is 1. The molecule has 1 aliphatic heterocycles. The molecule has 0 aromatic rings. The van der Waals surface area contributed by atoms with Gasteiger partial charge in [-0.3, -0.25) is 0 Å². The van der Waals surface area contributed by atoms with E-state index >= 15 is 0 Å². The first kappa shape index (κ1) is 27.3. The topological polar surface area (TPSA) is 68.2 Å². The second-order valence-electron chi connectivity index (χ2n) is 15.3. The average Bonchev–Trinajstić information content (AvgIpc) is 3.52. The van der Waals surface area contributed by atoms with Crippen LogP contribution in [0.15, 0.2) is 0 Å². The summed E-state index contributed by atoms with van der Waals surface area (Å²) in [5, 5.41) is 11.8. The van der Waals surface area contributed by atoms with Crippen LogP contribution in [0.5, 0.6) is 0 Å². The second kappa shape index (κ2) is 9.08. The number of rotatable bonds is 5. The molecular weight excluding hydrogens is 478 g/mol. The van der Waals surface area contributed by atoms with Gasteiger partial charge in [0.2, 0.25) is 0 Å². The zero-order chi connectivity index (χ0) is 27.1. The Balaban J connectivity index is 1.23. The van der Waals surface area contributed by atoms with Crippen molar-refractivity contribution in [3.8, 4) is 0 Å². The molecule has 6 heteroatoms. The first-order valence-corrected chi connectivity index (χ1v) is 15.7. The summed E-state index contributed by atoms with van der Waals surface area (Å²) in [5.74, 6) is 2.33. The number of carbonyl (C=O) groups is 1. The van der Waals surface area contributed by atoms with Crippen molar-refractivity contribution in [3.63, 3.8) is 0 Å². The molecule has 10 atom stereocenters. The predicted molar refractivity (Wildman–Crippen MR) is 147 cm³/mol. The minimum Gasteiger partial charge on any atom is -0.446 e. The minimum absolute atomic E-state index is 0.0183. The predicted octanol–water partition coefficient (Wildman–Crippen LogP) is 5.91. The molecule has 2 spiro atoms. The summed E-state index contributed by atoms with van der Waals surface area (Å²) in [7, 11) is 1.80. The van der Waals surface area contributed by atoms with Crippen molar-refractivity contribution in [1.82, 2.24) is 4.90 Å². The molecule has 6 rings (SSSR count). The average molecular weight is 532 g/mol. The van der Waals surface area contributed by atoms with E-state index in [1.54, 1.807) is 7.11 Å². The van der Waals surface area contributed by atoms with Crippen molar-refractivity contribution in [2.75, 3.05) is 40.0 Å². The van der Waals surface area contributed by atoms with Crippen LogP contribution in [-0.2, 0) is 14.2 Å². The Hall–Kier alpha value is -0.850. The van der Waals surface area contributed by atoms with E-state index in [1.165, 1.54) is 38.5 Å². The summed E-state index contributed by atoms with van der Waals surface area (Å²) in [4.78, 5) is 14.9. The number of ether oxygens (including phenoxy) is 3. The van der Waals surface area contributed by atoms with Gasteiger partial charge >= 0.3 is 6.09 Å². The Labute approximate surface area is 230 Å². The van der Waals surface area contributed by atoms with Gasteiger partial charge in [-0.2, -0.15) is 0 Å². The first-order valence-electron chi connectivity index (χ1n) is 15.7. The maximum Gasteiger partial charge on any atom is 0.410 e. The van der Waals surface area contributed by atoms with Crippen molar-refractivity contribution < 1.29 is 24.1 Å². The summed E-state index contributed by atoms with van der Waals surface area (Å²) in [6.07, 6.45) is 10.1. The van der Waals surface area contributed by atoms with E-state index in [2.05, 4.69) is 34.6 Å². The van der Waals surface area contributed by atoms with Gasteiger partial charge in [-0.25, -0.2) is 4.79 Å². The van der Waals surface area contributed by atoms with Crippen LogP contribution in [0.3, 0.4) is 0 Å². The van der Waals surface area contributed by atoms with E-state index in [0.29, 0.717) is 60.8 Å². The van der Waals surface area contributed by atoms with Gasteiger partial charge in [0, 0.05) is 37.6 Å². The van der Waals surface area contributed by atoms with Crippen molar-refractivity contribution in [2.24, 2.45) is 50.7 Å². The van der Waals surface area contributed by atoms with Crippen LogP contribution in [0, 0.1) is 50.7 Å². The fourth-order valence-corrected chi connectivity index (χ4v) is 11.9. The maximum atomic E-state index is 13.0. The molecule has 6 aliphatic rings. The Morgan fingerprint density at radius 1 is 1.03 bits per heavy atom. The molecule has 1 amide bonds. The maximum absolute atomic E-state index is 13.0. The van der Waals surface area contributed by atoms with E-state index in [-0.39, 0.29) is 34.5 Å². The lowest BCUT2D eigenvalue weighted by Gasteiger charge is -2.63. The number of morpholine rings is 1. The lowest BCUT2D eigenvalue weighted by atomic mass is 9.41. The molecule has 1 N–H and O–H groups in total. The van der Waals surface area contributed by atoms with Gasteiger partial charge in [0.15, 0.2) is 0 Å². The Kier molecular flexibility index (Phi) is 6.53. The van der Waals surface area contributed by atoms with E-state index in [0.717, 1.165) is 25.9 Å². The molecule has 6 nitrogen and oxygen atoms in total. The number of aliphatic hydroxyl groups is 1. The van der Waals surface area contributed by atoms with Gasteiger partial charge in [0.25, 0.3) is 0 Å². The van der Waals surface area contributed by atoms with Gasteiger partial charge in [-0.15, -0.1) is 0 Å². The van der Waals surface area contributed by atoms with Crippen LogP contribution in [-0.4, -0.2) is 68.3 Å². The fraction of sp³-hybridized carbons (Fsp3) is 0.969. The third-order valence-electron chi connectivity index (χ3n) is 14.2. The molecular formula is C32H53NO5. The Bertz CT molecular complexity index is 933. The highest BCUT2D eigenvalue weighted by Crippen LogP contribution is 2.89. The Morgan fingerprint density at radius 3 is 2.42 bits per heavy atom. The number of aliphatic hydroxyl groups excluding tert-OH is 1. The molecule has 0 aromatic heterocycles. The quantitative estimate of drug-likeness (QED) is 0.478. The number of hydrogen-bond donors (Lipinski definition) is 1. The van der Waals surface area contributed by atoms with Crippen LogP contribution in [0.4, 0.5) is 4.79 Å². The summed E-state index contributed by atoms with van der Waals surface area (Å²) < 4.78 is 17.1. The SMILES string of the molecule is COCC[C@@H](C)[C@H]1C[C@H](O)[C@@]2(C)C3CC[C@H]4C(C)(C)C(OC(=O)N5CCOCC5)CCC45CC35CCC12C. The molecule has 1 saturated heterocycles. The van der Waals surface area contributed by atoms with E-state index in [4.69, 9.17) is 14.2 Å². The molecule has 1 heterocycles. The summed E-state index contributed by atoms with van der Waals surface area (Å²) in [6, 6.07) is 0. The van der Waals surface area contributed by atoms with E-state index in [9.17, 15) is 9.90 Å². The minimum atomic E-state index is -0.210. The largest absolute Gasteiger partial charge is 0.446 e. The van der Waals surface area contributed by atoms with E-state index in [1.807, 2.05) is 4.90 Å². The van der Waals surface area contributed by atoms with Crippen LogP contribution >= 0.6 is 0 Å². The monoisotopic (exact) mass is 531 g/mol. The smallest absolute Gasteiger partial charge is 0.410 e. The fourth-order valence-electron chi connectivity index (χ4n) is 11.9. The van der Waals surface area contributed by atoms with Crippen LogP contribution in [0.1, 0.15) is 92.4 Å². The van der Waals surface area contributed by atoms with Crippen molar-refractivity contribution >= 4 is 6.09 Å². The number of carbonyl (C=O) groups excluding carboxylic acids is 1. The molecule has 5 unspecified atom stereocenters. The van der Waals surface area contributed by atoms with Crippen molar-refractivity contribution in [3.05, 3.63) is 0 Å². The molecule has 0 radical (unpaired) electrons. The summed E-state index contributed by atoms with van der Waals surface area (Å²) >= 11 is 0. The second-order valence-corrected chi connectivity index (χ2v) is 15.3. The highest BCUT2D eigenvalue weighted by Gasteiger charge is 2.83. The summed E-state index contributed by atoms with van der Waals surface area (Å²) in [6.45, 7) is 15.5. The number of hydrogen-bond acceptors (Lipinski definition) is 5. The van der Waals surface area contributed by atoms with Crippen molar-refractivity contribution in [1.29, 1.82) is 0 Å². The van der Waals surface area contributed by atoms with Crippen LogP contribution in [0.25, 0.3) is 0 Å². The molecule has 0 bridgehead atoms. The lowest BCUT2D eigenvalue weighted by molar-refractivity contribution is -0.182. The third kappa shape index (κ3) is 3.44. The summed E-state index contributed by atoms with van der Waals surface area (Å²) in [5.41, 5.74) is 0.876. The molecule has 38 heavy (non-hydrogen) atoms. The Morgan fingerprint density at radius 2 is 1.71 bits per heavy atom. The number of methoxy groups -OCH3 is 1. The molecule has 216 valence electrons. The van der Waals surface area contributed by atoms with Gasteiger partial charge in [-0.1, -0.05) is 34.6 Å². The zero-order valence-electron chi connectivity index (χ0n) is 24.9. The first-order chi connectivity index (χ1) is 18.0. The van der Waals surface area contributed by atoms with Gasteiger partial charge in [-0.05, 0) is 97.7 Å². The van der Waals surface area contributed by atoms with E-state index < -0.39 is 0 Å². The molecule has 0 aromatic carbocycles. The number of fused-ring (bicyclic) bond motifs is 2. The van der Waals surface area contributed by atoms with Crippen LogP contribution in [0.2, 0.25) is 0 Å². The van der Waals surface area contributed by atoms with Gasteiger partial charge in [0.1, 0.15) is 6.10 Å². The molecule has 5 saturated carbocycles. The lowest BCUT2D eigenvalue weighted by Crippen LogP contribution is -2.60. The highest BCUT2D eigenvalue weighted by molar-refractivity contribution is 5.68. The van der Waals surface area contributed by atoms with Gasteiger partial charge in [0.05, 0.1) is 19.3 Å². The normalized spacial score (nSPS) is 49.8. The number of nitrogens with zero attached hydrogens (tertiary/aromatic N) is 1. The van der Waals surface area contributed by atoms with Crippen LogP contribution < -0.4 is 0 Å². The standard InChI is InChI=1S/C32H53NO5/c1-21(10-16-36-6)22-19-25(34)30(5)24-8-7-23-28(2,3)26(38-27(35)33-14-17-37-18-15-33)9-11-31(23)20-32(24,31)13-12-29(22,30)4/h21-26,34H,7-20H2,1-6H3/t21-,22-,23+,24?,25+,26?,29?,30-,31?,32?/m1/s1. The third-order valence-corrected chi connectivity index (χ3v) is 14.2. The van der Waals surface area contributed by atoms with Gasteiger partial charge < -0.3 is 24.2 Å².